The third kappa shape index (κ3) is 3.37. The Kier molecular flexibility index (Phi) is 5.03. The van der Waals surface area contributed by atoms with E-state index in [2.05, 4.69) is 31.2 Å². The lowest BCUT2D eigenvalue weighted by atomic mass is 9.96. The Hall–Kier alpha value is -1.31. The molecule has 16 heavy (non-hydrogen) atoms. The molecule has 0 N–H and O–H groups in total. The van der Waals surface area contributed by atoms with E-state index in [-0.39, 0.29) is 11.9 Å². The Balaban J connectivity index is 2.66. The minimum atomic E-state index is -0.109. The quantitative estimate of drug-likeness (QED) is 0.713. The van der Waals surface area contributed by atoms with Gasteiger partial charge >= 0.3 is 5.97 Å². The van der Waals surface area contributed by atoms with E-state index in [1.165, 1.54) is 18.2 Å². The molecule has 0 aliphatic heterocycles. The summed E-state index contributed by atoms with van der Waals surface area (Å²) >= 11 is 0. The monoisotopic (exact) mass is 220 g/mol. The number of esters is 1. The molecule has 0 saturated heterocycles. The molecule has 0 aliphatic carbocycles. The van der Waals surface area contributed by atoms with Crippen LogP contribution in [0.2, 0.25) is 0 Å². The van der Waals surface area contributed by atoms with Gasteiger partial charge in [-0.05, 0) is 30.4 Å². The van der Waals surface area contributed by atoms with Gasteiger partial charge in [0, 0.05) is 0 Å². The first kappa shape index (κ1) is 12.8. The minimum Gasteiger partial charge on any atom is -0.469 e. The van der Waals surface area contributed by atoms with E-state index in [0.29, 0.717) is 0 Å². The van der Waals surface area contributed by atoms with Crippen LogP contribution in [0.25, 0.3) is 0 Å². The molecule has 0 bridgehead atoms. The first-order valence-electron chi connectivity index (χ1n) is 5.86. The summed E-state index contributed by atoms with van der Waals surface area (Å²) in [4.78, 5) is 11.4. The third-order valence-corrected chi connectivity index (χ3v) is 2.94. The Bertz CT molecular complexity index is 327. The van der Waals surface area contributed by atoms with Crippen molar-refractivity contribution in [2.24, 2.45) is 5.92 Å². The predicted octanol–water partition coefficient (Wildman–Crippen LogP) is 2.99. The molecular formula is C14H20O2. The van der Waals surface area contributed by atoms with Crippen molar-refractivity contribution < 1.29 is 9.53 Å². The van der Waals surface area contributed by atoms with Crippen molar-refractivity contribution in [3.05, 3.63) is 35.4 Å². The lowest BCUT2D eigenvalue weighted by molar-refractivity contribution is -0.145. The second kappa shape index (κ2) is 6.31. The standard InChI is InChI=1S/C14H20O2/c1-4-11-6-8-12(9-7-11)10-13(5-2)14(15)16-3/h6-9,13H,4-5,10H2,1-3H3. The zero-order valence-electron chi connectivity index (χ0n) is 10.3. The smallest absolute Gasteiger partial charge is 0.308 e. The maximum absolute atomic E-state index is 11.4. The van der Waals surface area contributed by atoms with Crippen molar-refractivity contribution in [1.82, 2.24) is 0 Å². The van der Waals surface area contributed by atoms with Gasteiger partial charge in [-0.2, -0.15) is 0 Å². The number of methoxy groups -OCH3 is 1. The van der Waals surface area contributed by atoms with Crippen molar-refractivity contribution in [2.45, 2.75) is 33.1 Å². The zero-order valence-corrected chi connectivity index (χ0v) is 10.3. The maximum atomic E-state index is 11.4. The third-order valence-electron chi connectivity index (χ3n) is 2.94. The van der Waals surface area contributed by atoms with E-state index in [0.717, 1.165) is 19.3 Å². The summed E-state index contributed by atoms with van der Waals surface area (Å²) in [7, 11) is 1.45. The van der Waals surface area contributed by atoms with E-state index in [9.17, 15) is 4.79 Å². The molecule has 0 heterocycles. The van der Waals surface area contributed by atoms with Gasteiger partial charge in [0.2, 0.25) is 0 Å². The normalized spacial score (nSPS) is 12.2. The summed E-state index contributed by atoms with van der Waals surface area (Å²) in [5.74, 6) is -0.125. The van der Waals surface area contributed by atoms with Crippen LogP contribution in [-0.2, 0) is 22.4 Å². The molecular weight excluding hydrogens is 200 g/mol. The Morgan fingerprint density at radius 1 is 1.19 bits per heavy atom. The molecule has 0 spiro atoms. The van der Waals surface area contributed by atoms with Crippen LogP contribution in [0.15, 0.2) is 24.3 Å². The van der Waals surface area contributed by atoms with Crippen molar-refractivity contribution in [1.29, 1.82) is 0 Å². The first-order chi connectivity index (χ1) is 7.71. The van der Waals surface area contributed by atoms with Gasteiger partial charge in [0.25, 0.3) is 0 Å². The van der Waals surface area contributed by atoms with E-state index in [4.69, 9.17) is 4.74 Å². The second-order valence-corrected chi connectivity index (χ2v) is 4.00. The predicted molar refractivity (Wildman–Crippen MR) is 65.3 cm³/mol. The van der Waals surface area contributed by atoms with Crippen molar-refractivity contribution >= 4 is 5.97 Å². The van der Waals surface area contributed by atoms with Gasteiger partial charge in [0.1, 0.15) is 0 Å². The number of carbonyl (C=O) groups is 1. The number of hydrogen-bond acceptors (Lipinski definition) is 2. The molecule has 2 nitrogen and oxygen atoms in total. The van der Waals surface area contributed by atoms with E-state index in [1.54, 1.807) is 0 Å². The van der Waals surface area contributed by atoms with Crippen molar-refractivity contribution in [3.63, 3.8) is 0 Å². The summed E-state index contributed by atoms with van der Waals surface area (Å²) in [6.45, 7) is 4.15. The molecule has 0 aliphatic rings. The largest absolute Gasteiger partial charge is 0.469 e. The number of benzene rings is 1. The van der Waals surface area contributed by atoms with Gasteiger partial charge in [-0.3, -0.25) is 4.79 Å². The maximum Gasteiger partial charge on any atom is 0.308 e. The minimum absolute atomic E-state index is 0.0162. The highest BCUT2D eigenvalue weighted by Crippen LogP contribution is 2.14. The van der Waals surface area contributed by atoms with Crippen LogP contribution in [-0.4, -0.2) is 13.1 Å². The van der Waals surface area contributed by atoms with Crippen LogP contribution in [0.5, 0.6) is 0 Å². The number of hydrogen-bond donors (Lipinski definition) is 0. The summed E-state index contributed by atoms with van der Waals surface area (Å²) in [6, 6.07) is 8.45. The van der Waals surface area contributed by atoms with E-state index < -0.39 is 0 Å². The van der Waals surface area contributed by atoms with Gasteiger partial charge in [0.15, 0.2) is 0 Å². The van der Waals surface area contributed by atoms with Crippen LogP contribution in [0.3, 0.4) is 0 Å². The fourth-order valence-electron chi connectivity index (χ4n) is 1.76. The average Bonchev–Trinajstić information content (AvgIpc) is 2.35. The van der Waals surface area contributed by atoms with Crippen LogP contribution >= 0.6 is 0 Å². The summed E-state index contributed by atoms with van der Waals surface area (Å²) in [6.07, 6.45) is 2.64. The highest BCUT2D eigenvalue weighted by molar-refractivity contribution is 5.72. The Labute approximate surface area is 97.6 Å². The topological polar surface area (TPSA) is 26.3 Å². The van der Waals surface area contributed by atoms with Gasteiger partial charge in [-0.25, -0.2) is 0 Å². The average molecular weight is 220 g/mol. The van der Waals surface area contributed by atoms with Crippen LogP contribution in [0.1, 0.15) is 31.4 Å². The molecule has 0 aromatic heterocycles. The summed E-state index contributed by atoms with van der Waals surface area (Å²) in [5, 5.41) is 0. The summed E-state index contributed by atoms with van der Waals surface area (Å²) in [5.41, 5.74) is 2.53. The molecule has 0 fully saturated rings. The first-order valence-corrected chi connectivity index (χ1v) is 5.86. The Morgan fingerprint density at radius 2 is 1.75 bits per heavy atom. The molecule has 0 saturated carbocycles. The highest BCUT2D eigenvalue weighted by atomic mass is 16.5. The SMILES string of the molecule is CCc1ccc(CC(CC)C(=O)OC)cc1. The summed E-state index contributed by atoms with van der Waals surface area (Å²) < 4.78 is 4.78. The highest BCUT2D eigenvalue weighted by Gasteiger charge is 2.17. The zero-order chi connectivity index (χ0) is 12.0. The number of aryl methyl sites for hydroxylation is 1. The van der Waals surface area contributed by atoms with Crippen molar-refractivity contribution in [2.75, 3.05) is 7.11 Å². The van der Waals surface area contributed by atoms with Gasteiger partial charge in [-0.15, -0.1) is 0 Å². The fraction of sp³-hybridized carbons (Fsp3) is 0.500. The van der Waals surface area contributed by atoms with Crippen LogP contribution in [0, 0.1) is 5.92 Å². The lowest BCUT2D eigenvalue weighted by Crippen LogP contribution is -2.17. The molecule has 1 atom stereocenters. The van der Waals surface area contributed by atoms with Gasteiger partial charge in [-0.1, -0.05) is 38.1 Å². The van der Waals surface area contributed by atoms with Gasteiger partial charge < -0.3 is 4.74 Å². The number of ether oxygens (including phenoxy) is 1. The molecule has 1 aromatic rings. The fourth-order valence-corrected chi connectivity index (χ4v) is 1.76. The van der Waals surface area contributed by atoms with Crippen molar-refractivity contribution in [3.8, 4) is 0 Å². The van der Waals surface area contributed by atoms with E-state index in [1.807, 2.05) is 6.92 Å². The lowest BCUT2D eigenvalue weighted by Gasteiger charge is -2.12. The molecule has 0 radical (unpaired) electrons. The van der Waals surface area contributed by atoms with Crippen LogP contribution < -0.4 is 0 Å². The number of rotatable bonds is 5. The van der Waals surface area contributed by atoms with Crippen LogP contribution in [0.4, 0.5) is 0 Å². The molecule has 2 heteroatoms. The molecule has 88 valence electrons. The van der Waals surface area contributed by atoms with E-state index >= 15 is 0 Å². The Morgan fingerprint density at radius 3 is 2.19 bits per heavy atom. The molecule has 0 amide bonds. The second-order valence-electron chi connectivity index (χ2n) is 4.00. The molecule has 1 rings (SSSR count). The molecule has 1 aromatic carbocycles. The van der Waals surface area contributed by atoms with Gasteiger partial charge in [0.05, 0.1) is 13.0 Å². The number of carbonyl (C=O) groups excluding carboxylic acids is 1. The molecule has 1 unspecified atom stereocenters.